The molecule has 0 saturated carbocycles. The number of carboxylic acids is 1. The van der Waals surface area contributed by atoms with E-state index in [1.54, 1.807) is 30.3 Å². The average Bonchev–Trinajstić information content (AvgIpc) is 3.25. The van der Waals surface area contributed by atoms with E-state index in [1.165, 1.54) is 23.0 Å². The molecular formula is C22H16F3N5O4. The number of carboxylic acid groups (broad SMARTS) is 1. The fourth-order valence-electron chi connectivity index (χ4n) is 3.28. The maximum absolute atomic E-state index is 13.8. The molecule has 9 nitrogen and oxygen atoms in total. The summed E-state index contributed by atoms with van der Waals surface area (Å²) in [4.78, 5) is 40.9. The third kappa shape index (κ3) is 4.75. The Hall–Kier alpha value is -4.61. The Labute approximate surface area is 188 Å². The molecule has 0 spiro atoms. The zero-order chi connectivity index (χ0) is 24.5. The van der Waals surface area contributed by atoms with E-state index in [2.05, 4.69) is 20.6 Å². The van der Waals surface area contributed by atoms with Gasteiger partial charge in [-0.1, -0.05) is 18.2 Å². The summed E-state index contributed by atoms with van der Waals surface area (Å²) < 4.78 is 42.4. The molecule has 2 amide bonds. The van der Waals surface area contributed by atoms with Gasteiger partial charge in [0.15, 0.2) is 0 Å². The molecule has 2 aromatic heterocycles. The molecule has 0 saturated heterocycles. The Morgan fingerprint density at radius 1 is 1.12 bits per heavy atom. The molecule has 4 N–H and O–H groups in total. The summed E-state index contributed by atoms with van der Waals surface area (Å²) in [6.45, 7) is 0.0370. The van der Waals surface area contributed by atoms with Crippen molar-refractivity contribution in [3.8, 4) is 5.69 Å². The van der Waals surface area contributed by atoms with Crippen LogP contribution in [-0.4, -0.2) is 31.6 Å². The van der Waals surface area contributed by atoms with Gasteiger partial charge >= 0.3 is 18.2 Å². The number of nitrogens with zero attached hydrogens (tertiary/aromatic N) is 2. The Kier molecular flexibility index (Phi) is 5.80. The molecule has 0 unspecified atom stereocenters. The van der Waals surface area contributed by atoms with Crippen LogP contribution in [0.15, 0.2) is 65.7 Å². The van der Waals surface area contributed by atoms with Crippen LogP contribution in [0.5, 0.6) is 0 Å². The van der Waals surface area contributed by atoms with Crippen molar-refractivity contribution in [1.29, 1.82) is 0 Å². The van der Waals surface area contributed by atoms with E-state index in [4.69, 9.17) is 5.11 Å². The van der Waals surface area contributed by atoms with Crippen LogP contribution < -0.4 is 16.2 Å². The number of urea groups is 1. The fourth-order valence-corrected chi connectivity index (χ4v) is 3.28. The molecule has 2 heterocycles. The van der Waals surface area contributed by atoms with Gasteiger partial charge in [0, 0.05) is 24.6 Å². The number of carbonyl (C=O) groups excluding carboxylic acids is 1. The number of hydrogen-bond donors (Lipinski definition) is 4. The maximum Gasteiger partial charge on any atom is 0.418 e. The van der Waals surface area contributed by atoms with Crippen molar-refractivity contribution in [1.82, 2.24) is 19.9 Å². The van der Waals surface area contributed by atoms with Crippen LogP contribution in [0.4, 0.5) is 23.7 Å². The van der Waals surface area contributed by atoms with Gasteiger partial charge in [0.2, 0.25) is 5.69 Å². The second-order valence-corrected chi connectivity index (χ2v) is 7.20. The third-order valence-corrected chi connectivity index (χ3v) is 4.83. The number of carbonyl (C=O) groups is 2. The van der Waals surface area contributed by atoms with Gasteiger partial charge in [-0.3, -0.25) is 4.79 Å². The number of H-pyrrole nitrogens is 1. The summed E-state index contributed by atoms with van der Waals surface area (Å²) in [5.74, 6) is -1.60. The van der Waals surface area contributed by atoms with Gasteiger partial charge in [-0.05, 0) is 35.9 Å². The van der Waals surface area contributed by atoms with Gasteiger partial charge in [-0.2, -0.15) is 13.2 Å². The van der Waals surface area contributed by atoms with E-state index >= 15 is 0 Å². The number of rotatable bonds is 5. The lowest BCUT2D eigenvalue weighted by atomic mass is 10.1. The van der Waals surface area contributed by atoms with Crippen molar-refractivity contribution < 1.29 is 27.9 Å². The van der Waals surface area contributed by atoms with Gasteiger partial charge in [0.25, 0.3) is 5.56 Å². The quantitative estimate of drug-likeness (QED) is 0.352. The predicted molar refractivity (Wildman–Crippen MR) is 116 cm³/mol. The van der Waals surface area contributed by atoms with Gasteiger partial charge in [-0.15, -0.1) is 0 Å². The molecule has 0 aliphatic carbocycles. The average molecular weight is 471 g/mol. The van der Waals surface area contributed by atoms with Crippen molar-refractivity contribution in [2.24, 2.45) is 0 Å². The zero-order valence-corrected chi connectivity index (χ0v) is 17.2. The number of aromatic nitrogens is 3. The Bertz CT molecular complexity index is 1440. The number of anilines is 1. The molecule has 0 radical (unpaired) electrons. The number of benzene rings is 2. The Balaban J connectivity index is 1.63. The third-order valence-electron chi connectivity index (χ3n) is 4.83. The molecule has 0 aliphatic rings. The van der Waals surface area contributed by atoms with Crippen LogP contribution in [0, 0.1) is 0 Å². The number of alkyl halides is 3. The molecule has 4 aromatic rings. The first-order valence-corrected chi connectivity index (χ1v) is 9.77. The number of aromatic carboxylic acids is 1. The van der Waals surface area contributed by atoms with Crippen LogP contribution in [0.1, 0.15) is 21.6 Å². The first-order chi connectivity index (χ1) is 16.1. The smallest absolute Gasteiger partial charge is 0.418 e. The van der Waals surface area contributed by atoms with Crippen molar-refractivity contribution in [2.75, 3.05) is 5.32 Å². The number of halogens is 3. The fraction of sp³-hybridized carbons (Fsp3) is 0.0909. The molecule has 4 rings (SSSR count). The van der Waals surface area contributed by atoms with Gasteiger partial charge in [-0.25, -0.2) is 14.6 Å². The Morgan fingerprint density at radius 2 is 1.85 bits per heavy atom. The number of hydrogen-bond acceptors (Lipinski definition) is 4. The highest BCUT2D eigenvalue weighted by atomic mass is 19.4. The minimum absolute atomic E-state index is 0.0370. The lowest BCUT2D eigenvalue weighted by Gasteiger charge is -2.15. The maximum atomic E-state index is 13.8. The highest BCUT2D eigenvalue weighted by molar-refractivity contribution is 5.89. The molecule has 12 heteroatoms. The van der Waals surface area contributed by atoms with E-state index in [1.807, 2.05) is 0 Å². The highest BCUT2D eigenvalue weighted by Crippen LogP contribution is 2.36. The number of amides is 2. The molecule has 34 heavy (non-hydrogen) atoms. The van der Waals surface area contributed by atoms with E-state index < -0.39 is 35.0 Å². The van der Waals surface area contributed by atoms with Crippen LogP contribution in [0.2, 0.25) is 0 Å². The number of fused-ring (bicyclic) bond motifs is 1. The molecule has 2 aromatic carbocycles. The minimum Gasteiger partial charge on any atom is -0.476 e. The number of aromatic amines is 1. The van der Waals surface area contributed by atoms with E-state index in [9.17, 15) is 27.6 Å². The first-order valence-electron chi connectivity index (χ1n) is 9.77. The summed E-state index contributed by atoms with van der Waals surface area (Å²) >= 11 is 0. The molecule has 0 atom stereocenters. The van der Waals surface area contributed by atoms with Crippen molar-refractivity contribution >= 4 is 28.7 Å². The lowest BCUT2D eigenvalue weighted by Crippen LogP contribution is -2.27. The molecule has 174 valence electrons. The topological polar surface area (TPSA) is 129 Å². The second-order valence-electron chi connectivity index (χ2n) is 7.20. The van der Waals surface area contributed by atoms with E-state index in [-0.39, 0.29) is 23.3 Å². The largest absolute Gasteiger partial charge is 0.476 e. The Morgan fingerprint density at radius 3 is 2.53 bits per heavy atom. The summed E-state index contributed by atoms with van der Waals surface area (Å²) in [6.07, 6.45) is -2.01. The molecule has 0 aliphatic heterocycles. The molecule has 0 bridgehead atoms. The van der Waals surface area contributed by atoms with Crippen molar-refractivity contribution in [3.63, 3.8) is 0 Å². The summed E-state index contributed by atoms with van der Waals surface area (Å²) in [5, 5.41) is 14.3. The van der Waals surface area contributed by atoms with Crippen LogP contribution in [0.25, 0.3) is 16.7 Å². The minimum atomic E-state index is -4.77. The van der Waals surface area contributed by atoms with Crippen LogP contribution >= 0.6 is 0 Å². The standard InChI is InChI=1S/C22H16F3N5O4/c23-22(24,25)14-8-15-16(28-18(20(32)33)19(31)29-15)9-17(14)30-7-6-12(11-30)10-26-21(34)27-13-4-2-1-3-5-13/h1-9,11H,10H2,(H,29,31)(H,32,33)(H2,26,27,34). The van der Waals surface area contributed by atoms with Crippen LogP contribution in [-0.2, 0) is 12.7 Å². The zero-order valence-electron chi connectivity index (χ0n) is 17.2. The number of nitrogens with one attached hydrogen (secondary N) is 3. The summed E-state index contributed by atoms with van der Waals surface area (Å²) in [6, 6.07) is 11.5. The number of para-hydroxylation sites is 1. The normalized spacial score (nSPS) is 11.4. The van der Waals surface area contributed by atoms with E-state index in [0.717, 1.165) is 6.07 Å². The van der Waals surface area contributed by atoms with Gasteiger partial charge in [0.05, 0.1) is 22.3 Å². The second kappa shape index (κ2) is 8.73. The lowest BCUT2D eigenvalue weighted by molar-refractivity contribution is -0.137. The summed E-state index contributed by atoms with van der Waals surface area (Å²) in [5.41, 5.74) is -2.61. The highest BCUT2D eigenvalue weighted by Gasteiger charge is 2.35. The van der Waals surface area contributed by atoms with Gasteiger partial charge < -0.3 is 25.3 Å². The summed E-state index contributed by atoms with van der Waals surface area (Å²) in [7, 11) is 0. The van der Waals surface area contributed by atoms with Crippen molar-refractivity contribution in [3.05, 3.63) is 88.1 Å². The van der Waals surface area contributed by atoms with Crippen molar-refractivity contribution in [2.45, 2.75) is 12.7 Å². The molecular weight excluding hydrogens is 455 g/mol. The van der Waals surface area contributed by atoms with E-state index in [0.29, 0.717) is 17.3 Å². The SMILES string of the molecule is O=C(NCc1ccn(-c2cc3nc(C(=O)O)c(=O)[nH]c3cc2C(F)(F)F)c1)Nc1ccccc1. The monoisotopic (exact) mass is 471 g/mol. The predicted octanol–water partition coefficient (Wildman–Crippen LogP) is 3.75. The van der Waals surface area contributed by atoms with Gasteiger partial charge in [0.1, 0.15) is 0 Å². The van der Waals surface area contributed by atoms with Crippen LogP contribution in [0.3, 0.4) is 0 Å². The first kappa shape index (κ1) is 22.6. The molecule has 0 fully saturated rings.